The molecule has 0 amide bonds. The smallest absolute Gasteiger partial charge is 0.216 e. The molecule has 2 heteroatoms. The van der Waals surface area contributed by atoms with Gasteiger partial charge in [0.2, 0.25) is 6.61 Å². The molecule has 0 aliphatic rings. The Hall–Kier alpha value is -0.263. The minimum absolute atomic E-state index is 0.653. The lowest BCUT2D eigenvalue weighted by atomic mass is 10.7. The van der Waals surface area contributed by atoms with Gasteiger partial charge < -0.3 is 4.74 Å². The van der Waals surface area contributed by atoms with Gasteiger partial charge in [0.15, 0.2) is 0 Å². The van der Waals surface area contributed by atoms with Crippen LogP contribution in [-0.2, 0) is 4.74 Å². The molecular formula is C8H14OSi. The predicted molar refractivity (Wildman–Crippen MR) is 46.0 cm³/mol. The van der Waals surface area contributed by atoms with E-state index in [1.54, 1.807) is 0 Å². The maximum Gasteiger partial charge on any atom is 0.216 e. The molecule has 0 aromatic carbocycles. The molecule has 0 aliphatic heterocycles. The quantitative estimate of drug-likeness (QED) is 0.335. The molecule has 0 rings (SSSR count). The summed E-state index contributed by atoms with van der Waals surface area (Å²) in [5.41, 5.74) is 3.11. The molecule has 0 atom stereocenters. The Balaban J connectivity index is 3.50. The molecule has 10 heavy (non-hydrogen) atoms. The van der Waals surface area contributed by atoms with E-state index in [1.807, 2.05) is 6.92 Å². The van der Waals surface area contributed by atoms with Crippen molar-refractivity contribution in [3.05, 3.63) is 6.61 Å². The number of ether oxygens (including phenoxy) is 1. The van der Waals surface area contributed by atoms with Crippen LogP contribution in [0.4, 0.5) is 0 Å². The van der Waals surface area contributed by atoms with Crippen molar-refractivity contribution in [3.8, 4) is 11.5 Å². The highest BCUT2D eigenvalue weighted by molar-refractivity contribution is 6.83. The third kappa shape index (κ3) is 7.74. The number of hydrogen-bond acceptors (Lipinski definition) is 1. The summed E-state index contributed by atoms with van der Waals surface area (Å²) in [7, 11) is -1.21. The first-order valence-electron chi connectivity index (χ1n) is 3.45. The SMILES string of the molecule is CCO[C]C#C[Si](C)(C)C. The third-order valence-electron chi connectivity index (χ3n) is 0.705. The number of hydrogen-bond donors (Lipinski definition) is 0. The van der Waals surface area contributed by atoms with Crippen LogP contribution in [-0.4, -0.2) is 14.7 Å². The van der Waals surface area contributed by atoms with Gasteiger partial charge in [-0.1, -0.05) is 25.6 Å². The molecule has 0 bridgehead atoms. The van der Waals surface area contributed by atoms with Crippen LogP contribution in [0, 0.1) is 18.1 Å². The van der Waals surface area contributed by atoms with E-state index in [4.69, 9.17) is 4.74 Å². The van der Waals surface area contributed by atoms with Gasteiger partial charge >= 0.3 is 0 Å². The fourth-order valence-corrected chi connectivity index (χ4v) is 0.747. The van der Waals surface area contributed by atoms with E-state index >= 15 is 0 Å². The molecule has 56 valence electrons. The van der Waals surface area contributed by atoms with Crippen molar-refractivity contribution in [1.82, 2.24) is 0 Å². The highest BCUT2D eigenvalue weighted by Crippen LogP contribution is 1.96. The van der Waals surface area contributed by atoms with Crippen molar-refractivity contribution in [2.75, 3.05) is 6.61 Å². The largest absolute Gasteiger partial charge is 0.355 e. The molecule has 0 aromatic heterocycles. The fourth-order valence-electron chi connectivity index (χ4n) is 0.321. The highest BCUT2D eigenvalue weighted by atomic mass is 28.3. The molecule has 0 aliphatic carbocycles. The molecule has 2 radical (unpaired) electrons. The Morgan fingerprint density at radius 2 is 1.90 bits per heavy atom. The molecule has 0 saturated carbocycles. The second-order valence-corrected chi connectivity index (χ2v) is 7.79. The van der Waals surface area contributed by atoms with Crippen molar-refractivity contribution in [2.45, 2.75) is 26.6 Å². The Bertz CT molecular complexity index is 136. The molecule has 0 aromatic rings. The first-order valence-corrected chi connectivity index (χ1v) is 6.95. The second kappa shape index (κ2) is 4.54. The third-order valence-corrected chi connectivity index (χ3v) is 1.58. The van der Waals surface area contributed by atoms with Crippen molar-refractivity contribution < 1.29 is 4.74 Å². The topological polar surface area (TPSA) is 9.23 Å². The van der Waals surface area contributed by atoms with Gasteiger partial charge in [-0.05, 0) is 6.92 Å². The highest BCUT2D eigenvalue weighted by Gasteiger charge is 2.06. The first kappa shape index (κ1) is 9.74. The Morgan fingerprint density at radius 1 is 1.30 bits per heavy atom. The summed E-state index contributed by atoms with van der Waals surface area (Å²) in [4.78, 5) is 0. The normalized spacial score (nSPS) is 10.4. The minimum atomic E-state index is -1.21. The Kier molecular flexibility index (Phi) is 4.42. The minimum Gasteiger partial charge on any atom is -0.355 e. The van der Waals surface area contributed by atoms with E-state index in [1.165, 1.54) is 0 Å². The van der Waals surface area contributed by atoms with Crippen LogP contribution in [0.5, 0.6) is 0 Å². The standard InChI is InChI=1S/C8H14OSi/c1-5-9-7-6-8-10(2,3)4/h5H2,1-4H3. The average Bonchev–Trinajstić information content (AvgIpc) is 1.78. The summed E-state index contributed by atoms with van der Waals surface area (Å²) in [5.74, 6) is 2.77. The van der Waals surface area contributed by atoms with Crippen LogP contribution >= 0.6 is 0 Å². The van der Waals surface area contributed by atoms with Crippen molar-refractivity contribution in [3.63, 3.8) is 0 Å². The molecule has 0 fully saturated rings. The first-order chi connectivity index (χ1) is 4.56. The van der Waals surface area contributed by atoms with Gasteiger partial charge in [0.05, 0.1) is 0 Å². The lowest BCUT2D eigenvalue weighted by Crippen LogP contribution is -2.16. The lowest BCUT2D eigenvalue weighted by molar-refractivity contribution is 0.237. The summed E-state index contributed by atoms with van der Waals surface area (Å²) < 4.78 is 4.83. The van der Waals surface area contributed by atoms with Crippen molar-refractivity contribution >= 4 is 8.07 Å². The van der Waals surface area contributed by atoms with E-state index in [9.17, 15) is 0 Å². The van der Waals surface area contributed by atoms with Crippen molar-refractivity contribution in [2.24, 2.45) is 0 Å². The van der Waals surface area contributed by atoms with E-state index in [-0.39, 0.29) is 0 Å². The van der Waals surface area contributed by atoms with Crippen molar-refractivity contribution in [1.29, 1.82) is 0 Å². The zero-order chi connectivity index (χ0) is 8.04. The molecule has 0 saturated heterocycles. The Morgan fingerprint density at radius 3 is 2.30 bits per heavy atom. The lowest BCUT2D eigenvalue weighted by Gasteiger charge is -2.02. The zero-order valence-electron chi connectivity index (χ0n) is 7.12. The summed E-state index contributed by atoms with van der Waals surface area (Å²) in [5, 5.41) is 0. The van der Waals surface area contributed by atoms with Gasteiger partial charge in [0, 0.05) is 6.61 Å². The second-order valence-electron chi connectivity index (χ2n) is 3.04. The molecule has 0 heterocycles. The van der Waals surface area contributed by atoms with E-state index in [0.717, 1.165) is 0 Å². The van der Waals surface area contributed by atoms with Gasteiger partial charge in [-0.3, -0.25) is 0 Å². The van der Waals surface area contributed by atoms with E-state index in [0.29, 0.717) is 6.61 Å². The Labute approximate surface area is 64.8 Å². The van der Waals surface area contributed by atoms with Crippen LogP contribution < -0.4 is 0 Å². The van der Waals surface area contributed by atoms with Crippen LogP contribution in [0.3, 0.4) is 0 Å². The number of rotatable bonds is 2. The molecule has 1 nitrogen and oxygen atoms in total. The van der Waals surface area contributed by atoms with Crippen LogP contribution in [0.25, 0.3) is 0 Å². The van der Waals surface area contributed by atoms with Gasteiger partial charge in [-0.15, -0.1) is 5.54 Å². The monoisotopic (exact) mass is 154 g/mol. The summed E-state index contributed by atoms with van der Waals surface area (Å²) in [6.45, 7) is 11.7. The fraction of sp³-hybridized carbons (Fsp3) is 0.625. The molecule has 0 spiro atoms. The summed E-state index contributed by atoms with van der Waals surface area (Å²) in [6.07, 6.45) is 0. The average molecular weight is 154 g/mol. The van der Waals surface area contributed by atoms with Crippen LogP contribution in [0.2, 0.25) is 19.6 Å². The zero-order valence-corrected chi connectivity index (χ0v) is 8.12. The molecule has 0 unspecified atom stereocenters. The van der Waals surface area contributed by atoms with Gasteiger partial charge in [-0.2, -0.15) is 0 Å². The van der Waals surface area contributed by atoms with Gasteiger partial charge in [-0.25, -0.2) is 0 Å². The van der Waals surface area contributed by atoms with E-state index in [2.05, 4.69) is 37.7 Å². The maximum atomic E-state index is 4.83. The summed E-state index contributed by atoms with van der Waals surface area (Å²) in [6, 6.07) is 0. The van der Waals surface area contributed by atoms with Gasteiger partial charge in [0.1, 0.15) is 8.07 Å². The predicted octanol–water partition coefficient (Wildman–Crippen LogP) is 1.94. The van der Waals surface area contributed by atoms with Crippen LogP contribution in [0.1, 0.15) is 6.92 Å². The maximum absolute atomic E-state index is 4.83. The van der Waals surface area contributed by atoms with Crippen LogP contribution in [0.15, 0.2) is 0 Å². The van der Waals surface area contributed by atoms with E-state index < -0.39 is 8.07 Å². The summed E-state index contributed by atoms with van der Waals surface area (Å²) >= 11 is 0. The van der Waals surface area contributed by atoms with Gasteiger partial charge in [0.25, 0.3) is 0 Å². The molecule has 0 N–H and O–H groups in total. The molecular weight excluding hydrogens is 140 g/mol.